The van der Waals surface area contributed by atoms with E-state index in [0.29, 0.717) is 30.8 Å². The van der Waals surface area contributed by atoms with Gasteiger partial charge in [0.25, 0.3) is 0 Å². The maximum Gasteiger partial charge on any atom is 0.245 e. The average molecular weight is 610 g/mol. The summed E-state index contributed by atoms with van der Waals surface area (Å²) in [6.07, 6.45) is 0.345. The van der Waals surface area contributed by atoms with Crippen LogP contribution in [-0.4, -0.2) is 67.2 Å². The first-order valence-electron chi connectivity index (χ1n) is 13.8. The zero-order chi connectivity index (χ0) is 30.0. The Hall–Kier alpha value is -2.86. The molecule has 1 heterocycles. The van der Waals surface area contributed by atoms with Gasteiger partial charge in [0, 0.05) is 37.5 Å². The second-order valence-electron chi connectivity index (χ2n) is 10.6. The minimum absolute atomic E-state index is 0.0129. The van der Waals surface area contributed by atoms with Gasteiger partial charge in [-0.2, -0.15) is 4.31 Å². The number of carbonyl (C=O) groups excluding carboxylic acids is 2. The molecule has 1 aliphatic rings. The Morgan fingerprint density at radius 1 is 1.02 bits per heavy atom. The van der Waals surface area contributed by atoms with E-state index >= 15 is 0 Å². The molecule has 3 atom stereocenters. The van der Waals surface area contributed by atoms with E-state index < -0.39 is 22.3 Å². The molecule has 41 heavy (non-hydrogen) atoms. The number of rotatable bonds is 16. The molecule has 0 radical (unpaired) electrons. The number of halogens is 1. The van der Waals surface area contributed by atoms with Crippen molar-refractivity contribution >= 4 is 33.4 Å². The summed E-state index contributed by atoms with van der Waals surface area (Å²) in [5.41, 5.74) is 0.941. The van der Waals surface area contributed by atoms with Crippen molar-refractivity contribution in [2.75, 3.05) is 19.2 Å². The molecule has 3 N–H and O–H groups in total. The summed E-state index contributed by atoms with van der Waals surface area (Å²) in [5.74, 6) is 0.117. The quantitative estimate of drug-likeness (QED) is 0.196. The lowest BCUT2D eigenvalue weighted by Gasteiger charge is -2.31. The number of nitrogens with zero attached hydrogens (tertiary/aromatic N) is 1. The number of hydrogen-bond donors (Lipinski definition) is 3. The highest BCUT2D eigenvalue weighted by Crippen LogP contribution is 2.35. The van der Waals surface area contributed by atoms with Gasteiger partial charge in [0.2, 0.25) is 28.6 Å². The zero-order valence-electron chi connectivity index (χ0n) is 23.7. The Morgan fingerprint density at radius 2 is 1.73 bits per heavy atom. The Bertz CT molecular complexity index is 1260. The zero-order valence-corrected chi connectivity index (χ0v) is 25.3. The van der Waals surface area contributed by atoms with Gasteiger partial charge >= 0.3 is 0 Å². The van der Waals surface area contributed by atoms with Crippen molar-refractivity contribution < 1.29 is 32.6 Å². The van der Waals surface area contributed by atoms with E-state index in [1.807, 2.05) is 51.1 Å². The Morgan fingerprint density at radius 3 is 2.41 bits per heavy atom. The van der Waals surface area contributed by atoms with Crippen LogP contribution in [0.2, 0.25) is 0 Å². The van der Waals surface area contributed by atoms with Crippen molar-refractivity contribution in [3.8, 4) is 11.5 Å². The van der Waals surface area contributed by atoms with Gasteiger partial charge in [-0.15, -0.1) is 11.6 Å². The van der Waals surface area contributed by atoms with Gasteiger partial charge in [-0.25, -0.2) is 8.42 Å². The highest BCUT2D eigenvalue weighted by Gasteiger charge is 2.34. The van der Waals surface area contributed by atoms with Gasteiger partial charge < -0.3 is 25.2 Å². The number of alkyl halides is 1. The molecule has 2 aromatic rings. The van der Waals surface area contributed by atoms with Gasteiger partial charge in [0.05, 0.1) is 4.90 Å². The number of amides is 2. The fraction of sp³-hybridized carbons (Fsp3) is 0.517. The summed E-state index contributed by atoms with van der Waals surface area (Å²) in [5, 5.41) is 17.1. The SMILES string of the molecule is CC(C)CN(C(O)CC(Cc1ccccc1)NC(=O)CCCC(C)NC(=O)CCl)S(=O)(=O)c1ccc2c(c1)OCO2. The Labute approximate surface area is 247 Å². The van der Waals surface area contributed by atoms with Gasteiger partial charge in [0.1, 0.15) is 12.1 Å². The first-order valence-corrected chi connectivity index (χ1v) is 15.7. The van der Waals surface area contributed by atoms with Gasteiger partial charge in [-0.3, -0.25) is 9.59 Å². The van der Waals surface area contributed by atoms with Crippen LogP contribution < -0.4 is 20.1 Å². The summed E-state index contributed by atoms with van der Waals surface area (Å²) in [6, 6.07) is 13.2. The van der Waals surface area contributed by atoms with E-state index in [1.54, 1.807) is 0 Å². The van der Waals surface area contributed by atoms with E-state index in [-0.39, 0.29) is 60.7 Å². The molecule has 1 aliphatic heterocycles. The van der Waals surface area contributed by atoms with E-state index in [0.717, 1.165) is 9.87 Å². The minimum Gasteiger partial charge on any atom is -0.454 e. The lowest BCUT2D eigenvalue weighted by atomic mass is 10.0. The number of benzene rings is 2. The van der Waals surface area contributed by atoms with Crippen molar-refractivity contribution in [1.29, 1.82) is 0 Å². The lowest BCUT2D eigenvalue weighted by Crippen LogP contribution is -2.47. The monoisotopic (exact) mass is 609 g/mol. The second-order valence-corrected chi connectivity index (χ2v) is 12.8. The van der Waals surface area contributed by atoms with Crippen LogP contribution in [0.3, 0.4) is 0 Å². The molecule has 2 amide bonds. The summed E-state index contributed by atoms with van der Waals surface area (Å²) in [6.45, 7) is 5.68. The molecule has 12 heteroatoms. The smallest absolute Gasteiger partial charge is 0.245 e. The Balaban J connectivity index is 1.73. The van der Waals surface area contributed by atoms with Crippen molar-refractivity contribution in [3.63, 3.8) is 0 Å². The molecule has 0 saturated heterocycles. The number of carbonyl (C=O) groups is 2. The first kappa shape index (κ1) is 32.7. The molecular formula is C29H40ClN3O7S. The average Bonchev–Trinajstić information content (AvgIpc) is 3.40. The second kappa shape index (κ2) is 15.4. The molecule has 2 aromatic carbocycles. The van der Waals surface area contributed by atoms with Gasteiger partial charge in [-0.05, 0) is 49.8 Å². The standard InChI is InChI=1S/C29H40ClN3O7S/c1-20(2)18-33(41(37,38)24-12-13-25-26(16-24)40-19-39-25)29(36)15-23(14-22-9-5-4-6-10-22)32-27(34)11-7-8-21(3)31-28(35)17-30/h4-6,9-10,12-13,16,20-21,23,29,36H,7-8,11,14-15,17-19H2,1-3H3,(H,31,35)(H,32,34). The summed E-state index contributed by atoms with van der Waals surface area (Å²) in [7, 11) is -4.11. The maximum atomic E-state index is 13.7. The third kappa shape index (κ3) is 9.88. The molecule has 0 saturated carbocycles. The third-order valence-corrected chi connectivity index (χ3v) is 8.69. The van der Waals surface area contributed by atoms with Crippen LogP contribution in [0.15, 0.2) is 53.4 Å². The fourth-order valence-electron chi connectivity index (χ4n) is 4.63. The van der Waals surface area contributed by atoms with Crippen LogP contribution in [0, 0.1) is 5.92 Å². The molecule has 3 rings (SSSR count). The highest BCUT2D eigenvalue weighted by molar-refractivity contribution is 7.89. The predicted octanol–water partition coefficient (Wildman–Crippen LogP) is 3.41. The van der Waals surface area contributed by atoms with E-state index in [2.05, 4.69) is 10.6 Å². The van der Waals surface area contributed by atoms with Crippen LogP contribution >= 0.6 is 11.6 Å². The number of aliphatic hydroxyl groups is 1. The van der Waals surface area contributed by atoms with E-state index in [9.17, 15) is 23.1 Å². The van der Waals surface area contributed by atoms with Crippen LogP contribution in [0.5, 0.6) is 11.5 Å². The summed E-state index contributed by atoms with van der Waals surface area (Å²) in [4.78, 5) is 24.4. The van der Waals surface area contributed by atoms with Crippen molar-refractivity contribution in [2.45, 2.75) is 76.1 Å². The number of ether oxygens (including phenoxy) is 2. The first-order chi connectivity index (χ1) is 19.5. The maximum absolute atomic E-state index is 13.7. The van der Waals surface area contributed by atoms with Crippen LogP contribution in [0.25, 0.3) is 0 Å². The molecule has 10 nitrogen and oxygen atoms in total. The minimum atomic E-state index is -4.11. The van der Waals surface area contributed by atoms with Crippen molar-refractivity contribution in [2.24, 2.45) is 5.92 Å². The van der Waals surface area contributed by atoms with E-state index in [4.69, 9.17) is 21.1 Å². The van der Waals surface area contributed by atoms with Crippen LogP contribution in [0.4, 0.5) is 0 Å². The molecule has 0 aromatic heterocycles. The molecule has 0 spiro atoms. The van der Waals surface area contributed by atoms with Gasteiger partial charge in [0.15, 0.2) is 11.5 Å². The molecule has 0 aliphatic carbocycles. The highest BCUT2D eigenvalue weighted by atomic mass is 35.5. The molecule has 226 valence electrons. The van der Waals surface area contributed by atoms with Crippen LogP contribution in [-0.2, 0) is 26.0 Å². The molecule has 0 fully saturated rings. The third-order valence-electron chi connectivity index (χ3n) is 6.58. The van der Waals surface area contributed by atoms with Gasteiger partial charge in [-0.1, -0.05) is 44.2 Å². The number of aliphatic hydroxyl groups excluding tert-OH is 1. The Kier molecular flexibility index (Phi) is 12.3. The van der Waals surface area contributed by atoms with Crippen molar-refractivity contribution in [1.82, 2.24) is 14.9 Å². The number of fused-ring (bicyclic) bond motifs is 1. The number of sulfonamides is 1. The molecular weight excluding hydrogens is 570 g/mol. The van der Waals surface area contributed by atoms with Crippen molar-refractivity contribution in [3.05, 3.63) is 54.1 Å². The molecule has 3 unspecified atom stereocenters. The largest absolute Gasteiger partial charge is 0.454 e. The summed E-state index contributed by atoms with van der Waals surface area (Å²) >= 11 is 5.53. The van der Waals surface area contributed by atoms with Crippen LogP contribution in [0.1, 0.15) is 52.0 Å². The fourth-order valence-corrected chi connectivity index (χ4v) is 6.38. The predicted molar refractivity (Wildman–Crippen MR) is 156 cm³/mol. The molecule has 0 bridgehead atoms. The lowest BCUT2D eigenvalue weighted by molar-refractivity contribution is -0.122. The topological polar surface area (TPSA) is 134 Å². The van der Waals surface area contributed by atoms with E-state index in [1.165, 1.54) is 18.2 Å². The summed E-state index contributed by atoms with van der Waals surface area (Å²) < 4.78 is 39.2. The normalized spacial score (nSPS) is 15.0. The number of hydrogen-bond acceptors (Lipinski definition) is 7. The number of nitrogens with one attached hydrogen (secondary N) is 2.